The van der Waals surface area contributed by atoms with E-state index in [1.54, 1.807) is 6.07 Å². The van der Waals surface area contributed by atoms with Crippen LogP contribution in [-0.4, -0.2) is 34.1 Å². The van der Waals surface area contributed by atoms with Crippen LogP contribution < -0.4 is 16.2 Å². The van der Waals surface area contributed by atoms with Crippen molar-refractivity contribution in [1.29, 1.82) is 0 Å². The fourth-order valence-electron chi connectivity index (χ4n) is 2.32. The Hall–Kier alpha value is -1.99. The number of nitrogens with two attached hydrogens (primary N) is 1. The van der Waals surface area contributed by atoms with Crippen LogP contribution in [0.4, 0.5) is 10.2 Å². The summed E-state index contributed by atoms with van der Waals surface area (Å²) in [5.41, 5.74) is 5.83. The number of pyridine rings is 1. The quantitative estimate of drug-likeness (QED) is 0.813. The molecule has 1 aliphatic rings. The van der Waals surface area contributed by atoms with E-state index in [1.807, 2.05) is 4.90 Å². The summed E-state index contributed by atoms with van der Waals surface area (Å²) in [6.07, 6.45) is 2.12. The fourth-order valence-corrected chi connectivity index (χ4v) is 2.53. The van der Waals surface area contributed by atoms with Crippen molar-refractivity contribution in [3.05, 3.63) is 39.7 Å². The van der Waals surface area contributed by atoms with Gasteiger partial charge in [0.15, 0.2) is 5.82 Å². The molecule has 3 N–H and O–H groups in total. The largest absolute Gasteiger partial charge is 0.354 e. The first-order valence-corrected chi connectivity index (χ1v) is 6.84. The molecule has 0 spiro atoms. The van der Waals surface area contributed by atoms with E-state index in [0.29, 0.717) is 24.5 Å². The zero-order chi connectivity index (χ0) is 15.0. The molecule has 1 unspecified atom stereocenters. The predicted octanol–water partition coefficient (Wildman–Crippen LogP) is 1.16. The highest BCUT2D eigenvalue weighted by atomic mass is 35.5. The van der Waals surface area contributed by atoms with Crippen molar-refractivity contribution in [3.63, 3.8) is 0 Å². The van der Waals surface area contributed by atoms with Crippen LogP contribution in [-0.2, 0) is 0 Å². The van der Waals surface area contributed by atoms with E-state index in [2.05, 4.69) is 15.0 Å². The first-order chi connectivity index (χ1) is 10.0. The summed E-state index contributed by atoms with van der Waals surface area (Å²) in [5, 5.41) is 0.0161. The van der Waals surface area contributed by atoms with E-state index < -0.39 is 11.5 Å². The number of anilines is 1. The van der Waals surface area contributed by atoms with Gasteiger partial charge in [-0.25, -0.2) is 9.97 Å². The summed E-state index contributed by atoms with van der Waals surface area (Å²) in [6.45, 7) is 1.27. The van der Waals surface area contributed by atoms with Crippen molar-refractivity contribution in [1.82, 2.24) is 15.0 Å². The summed E-state index contributed by atoms with van der Waals surface area (Å²) >= 11 is 6.04. The topological polar surface area (TPSA) is 87.9 Å². The molecule has 6 nitrogen and oxygen atoms in total. The molecule has 2 aromatic rings. The molecule has 1 atom stereocenters. The molecule has 21 heavy (non-hydrogen) atoms. The Morgan fingerprint density at radius 3 is 3.00 bits per heavy atom. The van der Waals surface area contributed by atoms with Gasteiger partial charge in [0.1, 0.15) is 10.8 Å². The van der Waals surface area contributed by atoms with Gasteiger partial charge in [0.05, 0.1) is 0 Å². The molecule has 3 rings (SSSR count). The number of aromatic nitrogens is 3. The average molecular weight is 310 g/mol. The first-order valence-electron chi connectivity index (χ1n) is 6.47. The van der Waals surface area contributed by atoms with Crippen molar-refractivity contribution in [3.8, 4) is 11.4 Å². The lowest BCUT2D eigenvalue weighted by molar-refractivity contribution is 0.584. The molecule has 2 aromatic heterocycles. The lowest BCUT2D eigenvalue weighted by atomic mass is 10.2. The van der Waals surface area contributed by atoms with Gasteiger partial charge in [-0.05, 0) is 12.5 Å². The highest BCUT2D eigenvalue weighted by Gasteiger charge is 2.24. The molecule has 1 aliphatic heterocycles. The summed E-state index contributed by atoms with van der Waals surface area (Å²) < 4.78 is 13.2. The second-order valence-electron chi connectivity index (χ2n) is 4.91. The van der Waals surface area contributed by atoms with Gasteiger partial charge in [0.25, 0.3) is 5.56 Å². The van der Waals surface area contributed by atoms with Crippen LogP contribution in [0.1, 0.15) is 6.42 Å². The number of hydrogen-bond acceptors (Lipinski definition) is 5. The Morgan fingerprint density at radius 2 is 2.33 bits per heavy atom. The van der Waals surface area contributed by atoms with Crippen molar-refractivity contribution in [2.24, 2.45) is 5.73 Å². The van der Waals surface area contributed by atoms with Crippen LogP contribution >= 0.6 is 11.6 Å². The van der Waals surface area contributed by atoms with Gasteiger partial charge in [-0.15, -0.1) is 0 Å². The molecular formula is C13H13ClFN5O. The van der Waals surface area contributed by atoms with E-state index in [1.165, 1.54) is 12.3 Å². The molecule has 0 aromatic carbocycles. The third-order valence-corrected chi connectivity index (χ3v) is 3.71. The van der Waals surface area contributed by atoms with Gasteiger partial charge in [-0.3, -0.25) is 4.79 Å². The van der Waals surface area contributed by atoms with Gasteiger partial charge >= 0.3 is 0 Å². The van der Waals surface area contributed by atoms with E-state index in [4.69, 9.17) is 17.3 Å². The zero-order valence-corrected chi connectivity index (χ0v) is 11.8. The molecule has 0 saturated carbocycles. The van der Waals surface area contributed by atoms with Crippen LogP contribution in [0.3, 0.4) is 0 Å². The maximum Gasteiger partial charge on any atom is 0.272 e. The van der Waals surface area contributed by atoms with E-state index in [0.717, 1.165) is 6.42 Å². The number of nitrogens with zero attached hydrogens (tertiary/aromatic N) is 3. The minimum Gasteiger partial charge on any atom is -0.354 e. The molecule has 3 heterocycles. The van der Waals surface area contributed by atoms with Gasteiger partial charge < -0.3 is 15.6 Å². The van der Waals surface area contributed by atoms with Gasteiger partial charge in [0, 0.05) is 37.0 Å². The Kier molecular flexibility index (Phi) is 3.60. The Bertz CT molecular complexity index is 735. The highest BCUT2D eigenvalue weighted by Crippen LogP contribution is 2.25. The summed E-state index contributed by atoms with van der Waals surface area (Å²) in [7, 11) is 0. The number of rotatable bonds is 2. The van der Waals surface area contributed by atoms with Crippen molar-refractivity contribution >= 4 is 17.4 Å². The van der Waals surface area contributed by atoms with Crippen LogP contribution in [0.25, 0.3) is 11.4 Å². The Balaban J connectivity index is 2.07. The molecule has 1 saturated heterocycles. The highest BCUT2D eigenvalue weighted by molar-refractivity contribution is 6.32. The van der Waals surface area contributed by atoms with Crippen molar-refractivity contribution in [2.45, 2.75) is 12.5 Å². The number of H-pyrrole nitrogens is 1. The molecule has 0 radical (unpaired) electrons. The lowest BCUT2D eigenvalue weighted by Gasteiger charge is -2.18. The molecule has 0 amide bonds. The normalized spacial score (nSPS) is 18.2. The number of halogens is 2. The van der Waals surface area contributed by atoms with Crippen molar-refractivity contribution < 1.29 is 4.39 Å². The summed E-state index contributed by atoms with van der Waals surface area (Å²) in [5.74, 6) is -0.0170. The molecule has 110 valence electrons. The Labute approximate surface area is 124 Å². The second kappa shape index (κ2) is 5.42. The smallest absolute Gasteiger partial charge is 0.272 e. The SMILES string of the molecule is NC1CCN(c2nc(-c3ccnc(F)c3)[nH]c(=O)c2Cl)C1. The molecule has 8 heteroatoms. The Morgan fingerprint density at radius 1 is 1.52 bits per heavy atom. The van der Waals surface area contributed by atoms with Gasteiger partial charge in [0.2, 0.25) is 5.95 Å². The lowest BCUT2D eigenvalue weighted by Crippen LogP contribution is -2.28. The standard InChI is InChI=1S/C13H13ClFN5O/c14-10-12(20-4-2-8(16)6-20)18-11(19-13(10)21)7-1-3-17-9(15)5-7/h1,3,5,8H,2,4,6,16H2,(H,18,19,21). The minimum atomic E-state index is -0.644. The fraction of sp³-hybridized carbons (Fsp3) is 0.308. The monoisotopic (exact) mass is 309 g/mol. The van der Waals surface area contributed by atoms with Crippen LogP contribution in [0, 0.1) is 5.95 Å². The molecule has 0 aliphatic carbocycles. The van der Waals surface area contributed by atoms with E-state index >= 15 is 0 Å². The van der Waals surface area contributed by atoms with Crippen LogP contribution in [0.2, 0.25) is 5.02 Å². The minimum absolute atomic E-state index is 0.0161. The number of nitrogens with one attached hydrogen (secondary N) is 1. The van der Waals surface area contributed by atoms with Gasteiger partial charge in [-0.1, -0.05) is 11.6 Å². The van der Waals surface area contributed by atoms with Crippen LogP contribution in [0.5, 0.6) is 0 Å². The van der Waals surface area contributed by atoms with Crippen LogP contribution in [0.15, 0.2) is 23.1 Å². The maximum absolute atomic E-state index is 13.2. The van der Waals surface area contributed by atoms with Gasteiger partial charge in [-0.2, -0.15) is 4.39 Å². The number of hydrogen-bond donors (Lipinski definition) is 2. The third kappa shape index (κ3) is 2.74. The molecular weight excluding hydrogens is 297 g/mol. The first kappa shape index (κ1) is 14.0. The van der Waals surface area contributed by atoms with Crippen molar-refractivity contribution in [2.75, 3.05) is 18.0 Å². The van der Waals surface area contributed by atoms with E-state index in [-0.39, 0.29) is 16.9 Å². The molecule has 0 bridgehead atoms. The summed E-state index contributed by atoms with van der Waals surface area (Å²) in [4.78, 5) is 24.2. The maximum atomic E-state index is 13.2. The summed E-state index contributed by atoms with van der Waals surface area (Å²) in [6, 6.07) is 2.80. The average Bonchev–Trinajstić information content (AvgIpc) is 2.88. The van der Waals surface area contributed by atoms with E-state index in [9.17, 15) is 9.18 Å². The zero-order valence-electron chi connectivity index (χ0n) is 11.0. The number of aromatic amines is 1. The molecule has 1 fully saturated rings. The predicted molar refractivity (Wildman–Crippen MR) is 77.9 cm³/mol. The third-order valence-electron chi connectivity index (χ3n) is 3.37. The second-order valence-corrected chi connectivity index (χ2v) is 5.29.